The van der Waals surface area contributed by atoms with Crippen LogP contribution < -0.4 is 0 Å². The first-order valence-electron chi connectivity index (χ1n) is 5.70. The molecule has 1 aromatic rings. The normalized spacial score (nSPS) is 19.0. The molecular formula is C14H19S+. The summed E-state index contributed by atoms with van der Waals surface area (Å²) in [5.74, 6) is 2.90. The van der Waals surface area contributed by atoms with Crippen molar-refractivity contribution in [1.82, 2.24) is 0 Å². The molecule has 0 bridgehead atoms. The van der Waals surface area contributed by atoms with E-state index in [4.69, 9.17) is 0 Å². The average Bonchev–Trinajstić information content (AvgIpc) is 2.82. The van der Waals surface area contributed by atoms with E-state index in [0.29, 0.717) is 10.9 Å². The highest BCUT2D eigenvalue weighted by atomic mass is 32.2. The second-order valence-corrected chi connectivity index (χ2v) is 6.76. The van der Waals surface area contributed by atoms with Gasteiger partial charge in [0.25, 0.3) is 0 Å². The number of hydrogen-bond acceptors (Lipinski definition) is 0. The van der Waals surface area contributed by atoms with Crippen LogP contribution in [0.4, 0.5) is 0 Å². The Hall–Kier alpha value is -0.690. The van der Waals surface area contributed by atoms with Crippen LogP contribution in [0.3, 0.4) is 0 Å². The molecule has 15 heavy (non-hydrogen) atoms. The van der Waals surface area contributed by atoms with Crippen LogP contribution in [0.2, 0.25) is 0 Å². The smallest absolute Gasteiger partial charge is 0.0985 e. The summed E-state index contributed by atoms with van der Waals surface area (Å²) in [6.45, 7) is 6.17. The molecule has 0 spiro atoms. The third-order valence-electron chi connectivity index (χ3n) is 3.20. The van der Waals surface area contributed by atoms with E-state index in [1.807, 2.05) is 6.08 Å². The molecule has 0 aromatic heterocycles. The van der Waals surface area contributed by atoms with Gasteiger partial charge >= 0.3 is 0 Å². The molecule has 0 amide bonds. The standard InChI is InChI=1S/C14H19S/c1-3-13-6-8-14(9-7-13)12(2)15-10-4-5-11-15/h3,6-9,12H,1,4-5,10-11H2,2H3/q+1. The van der Waals surface area contributed by atoms with Gasteiger partial charge in [-0.1, -0.05) is 36.9 Å². The van der Waals surface area contributed by atoms with Gasteiger partial charge in [-0.15, -0.1) is 0 Å². The molecule has 1 aromatic carbocycles. The largest absolute Gasteiger partial charge is 0.140 e. The maximum atomic E-state index is 3.78. The van der Waals surface area contributed by atoms with Crippen molar-refractivity contribution in [2.45, 2.75) is 25.0 Å². The van der Waals surface area contributed by atoms with Gasteiger partial charge in [-0.2, -0.15) is 0 Å². The van der Waals surface area contributed by atoms with Crippen LogP contribution in [0.15, 0.2) is 30.8 Å². The van der Waals surface area contributed by atoms with E-state index in [1.165, 1.54) is 35.5 Å². The lowest BCUT2D eigenvalue weighted by Crippen LogP contribution is -2.12. The summed E-state index contributed by atoms with van der Waals surface area (Å²) in [5.41, 5.74) is 2.73. The quantitative estimate of drug-likeness (QED) is 0.678. The molecule has 1 heteroatoms. The molecule has 1 aliphatic rings. The lowest BCUT2D eigenvalue weighted by molar-refractivity contribution is 0.949. The van der Waals surface area contributed by atoms with E-state index in [0.717, 1.165) is 5.25 Å². The molecule has 0 nitrogen and oxygen atoms in total. The zero-order chi connectivity index (χ0) is 10.7. The molecule has 1 atom stereocenters. The fraction of sp³-hybridized carbons (Fsp3) is 0.429. The van der Waals surface area contributed by atoms with Crippen LogP contribution >= 0.6 is 0 Å². The van der Waals surface area contributed by atoms with Gasteiger partial charge in [-0.05, 0) is 36.2 Å². The second-order valence-electron chi connectivity index (χ2n) is 4.17. The predicted octanol–water partition coefficient (Wildman–Crippen LogP) is 3.80. The molecule has 0 aliphatic carbocycles. The molecule has 2 rings (SSSR count). The summed E-state index contributed by atoms with van der Waals surface area (Å²) in [7, 11) is 0.643. The Morgan fingerprint density at radius 3 is 2.33 bits per heavy atom. The van der Waals surface area contributed by atoms with Crippen LogP contribution in [0.25, 0.3) is 6.08 Å². The van der Waals surface area contributed by atoms with Gasteiger partial charge in [0.15, 0.2) is 0 Å². The van der Waals surface area contributed by atoms with Crippen molar-refractivity contribution in [3.8, 4) is 0 Å². The maximum Gasteiger partial charge on any atom is 0.140 e. The van der Waals surface area contributed by atoms with Crippen molar-refractivity contribution in [3.63, 3.8) is 0 Å². The monoisotopic (exact) mass is 219 g/mol. The number of rotatable bonds is 3. The molecule has 0 saturated carbocycles. The van der Waals surface area contributed by atoms with Crippen molar-refractivity contribution in [3.05, 3.63) is 42.0 Å². The fourth-order valence-electron chi connectivity index (χ4n) is 2.13. The SMILES string of the molecule is C=Cc1ccc(C(C)[S+]2CCCC2)cc1. The van der Waals surface area contributed by atoms with Crippen LogP contribution in [0, 0.1) is 0 Å². The minimum atomic E-state index is 0.643. The average molecular weight is 219 g/mol. The van der Waals surface area contributed by atoms with E-state index in [9.17, 15) is 0 Å². The van der Waals surface area contributed by atoms with Crippen LogP contribution in [0.1, 0.15) is 36.1 Å². The van der Waals surface area contributed by atoms with Gasteiger partial charge in [-0.25, -0.2) is 0 Å². The predicted molar refractivity (Wildman–Crippen MR) is 71.3 cm³/mol. The summed E-state index contributed by atoms with van der Waals surface area (Å²) in [6.07, 6.45) is 4.79. The Morgan fingerprint density at radius 1 is 1.20 bits per heavy atom. The Kier molecular flexibility index (Phi) is 3.53. The van der Waals surface area contributed by atoms with Crippen LogP contribution in [-0.4, -0.2) is 11.5 Å². The van der Waals surface area contributed by atoms with Gasteiger partial charge < -0.3 is 0 Å². The summed E-state index contributed by atoms with van der Waals surface area (Å²) < 4.78 is 0. The molecule has 1 aliphatic heterocycles. The molecule has 1 saturated heterocycles. The van der Waals surface area contributed by atoms with Crippen molar-refractivity contribution in [2.24, 2.45) is 0 Å². The van der Waals surface area contributed by atoms with Crippen molar-refractivity contribution < 1.29 is 0 Å². The first-order chi connectivity index (χ1) is 7.31. The zero-order valence-corrected chi connectivity index (χ0v) is 10.2. The lowest BCUT2D eigenvalue weighted by atomic mass is 10.1. The molecular weight excluding hydrogens is 200 g/mol. The first-order valence-corrected chi connectivity index (χ1v) is 7.32. The van der Waals surface area contributed by atoms with E-state index >= 15 is 0 Å². The van der Waals surface area contributed by atoms with E-state index < -0.39 is 0 Å². The highest BCUT2D eigenvalue weighted by Gasteiger charge is 2.31. The van der Waals surface area contributed by atoms with Crippen LogP contribution in [0.5, 0.6) is 0 Å². The maximum absolute atomic E-state index is 3.78. The molecule has 1 unspecified atom stereocenters. The van der Waals surface area contributed by atoms with Crippen molar-refractivity contribution in [2.75, 3.05) is 11.5 Å². The Morgan fingerprint density at radius 2 is 1.80 bits per heavy atom. The highest BCUT2D eigenvalue weighted by Crippen LogP contribution is 2.30. The van der Waals surface area contributed by atoms with Crippen molar-refractivity contribution in [1.29, 1.82) is 0 Å². The lowest BCUT2D eigenvalue weighted by Gasteiger charge is -2.11. The summed E-state index contributed by atoms with van der Waals surface area (Å²) >= 11 is 0. The molecule has 1 heterocycles. The molecule has 0 N–H and O–H groups in total. The highest BCUT2D eigenvalue weighted by molar-refractivity contribution is 7.97. The summed E-state index contributed by atoms with van der Waals surface area (Å²) in [4.78, 5) is 0. The van der Waals surface area contributed by atoms with E-state index in [1.54, 1.807) is 0 Å². The number of hydrogen-bond donors (Lipinski definition) is 0. The third kappa shape index (κ3) is 2.46. The van der Waals surface area contributed by atoms with Gasteiger partial charge in [0.2, 0.25) is 0 Å². The van der Waals surface area contributed by atoms with Crippen LogP contribution in [-0.2, 0) is 10.9 Å². The Balaban J connectivity index is 2.10. The zero-order valence-electron chi connectivity index (χ0n) is 9.41. The van der Waals surface area contributed by atoms with Gasteiger partial charge in [-0.3, -0.25) is 0 Å². The van der Waals surface area contributed by atoms with Gasteiger partial charge in [0.1, 0.15) is 16.8 Å². The Bertz CT molecular complexity index is 320. The molecule has 80 valence electrons. The van der Waals surface area contributed by atoms with Gasteiger partial charge in [0.05, 0.1) is 0 Å². The minimum absolute atomic E-state index is 0.643. The third-order valence-corrected chi connectivity index (χ3v) is 6.10. The molecule has 0 radical (unpaired) electrons. The number of benzene rings is 1. The topological polar surface area (TPSA) is 0 Å². The summed E-state index contributed by atoms with van der Waals surface area (Å²) in [5, 5.41) is 0.756. The fourth-order valence-corrected chi connectivity index (χ4v) is 4.73. The summed E-state index contributed by atoms with van der Waals surface area (Å²) in [6, 6.07) is 8.90. The van der Waals surface area contributed by atoms with E-state index in [-0.39, 0.29) is 0 Å². The van der Waals surface area contributed by atoms with Crippen molar-refractivity contribution >= 4 is 17.0 Å². The van der Waals surface area contributed by atoms with E-state index in [2.05, 4.69) is 37.8 Å². The Labute approximate surface area is 95.7 Å². The minimum Gasteiger partial charge on any atom is -0.0985 e. The van der Waals surface area contributed by atoms with Gasteiger partial charge in [0, 0.05) is 5.56 Å². The molecule has 1 fully saturated rings. The second kappa shape index (κ2) is 4.89. The first kappa shape index (κ1) is 10.8.